The molecular formula is C14H18ClN3O2S. The second-order valence-electron chi connectivity index (χ2n) is 5.08. The third-order valence-electron chi connectivity index (χ3n) is 3.68. The normalized spacial score (nSPS) is 20.1. The summed E-state index contributed by atoms with van der Waals surface area (Å²) in [6, 6.07) is 6.15. The highest BCUT2D eigenvalue weighted by Gasteiger charge is 2.33. The fourth-order valence-corrected chi connectivity index (χ4v) is 4.62. The van der Waals surface area contributed by atoms with Crippen molar-refractivity contribution in [2.24, 2.45) is 0 Å². The highest BCUT2D eigenvalue weighted by molar-refractivity contribution is 7.89. The number of benzene rings is 1. The zero-order chi connectivity index (χ0) is 15.5. The summed E-state index contributed by atoms with van der Waals surface area (Å²) in [5, 5.41) is 12.1. The SMILES string of the molecule is CNCC1CCCCN1S(=O)(=O)c1ccc(C#N)c(Cl)c1. The summed E-state index contributed by atoms with van der Waals surface area (Å²) in [6.07, 6.45) is 2.75. The lowest BCUT2D eigenvalue weighted by Crippen LogP contribution is -2.47. The Labute approximate surface area is 130 Å². The van der Waals surface area contributed by atoms with Gasteiger partial charge in [0.25, 0.3) is 0 Å². The Morgan fingerprint density at radius 2 is 2.24 bits per heavy atom. The number of halogens is 1. The average Bonchev–Trinajstić information content (AvgIpc) is 2.48. The van der Waals surface area contributed by atoms with Crippen molar-refractivity contribution in [3.8, 4) is 6.07 Å². The zero-order valence-corrected chi connectivity index (χ0v) is 13.4. The van der Waals surface area contributed by atoms with E-state index in [4.69, 9.17) is 16.9 Å². The van der Waals surface area contributed by atoms with E-state index in [1.54, 1.807) is 4.31 Å². The van der Waals surface area contributed by atoms with Gasteiger partial charge in [0.1, 0.15) is 6.07 Å². The molecule has 7 heteroatoms. The molecule has 1 fully saturated rings. The van der Waals surface area contributed by atoms with Crippen LogP contribution in [0.15, 0.2) is 23.1 Å². The van der Waals surface area contributed by atoms with E-state index in [1.165, 1.54) is 18.2 Å². The van der Waals surface area contributed by atoms with Crippen LogP contribution in [0.5, 0.6) is 0 Å². The molecule has 1 aliphatic heterocycles. The number of hydrogen-bond donors (Lipinski definition) is 1. The number of sulfonamides is 1. The van der Waals surface area contributed by atoms with E-state index in [-0.39, 0.29) is 21.5 Å². The van der Waals surface area contributed by atoms with Gasteiger partial charge in [0.15, 0.2) is 0 Å². The Morgan fingerprint density at radius 1 is 1.48 bits per heavy atom. The number of nitrogens with one attached hydrogen (secondary N) is 1. The monoisotopic (exact) mass is 327 g/mol. The Morgan fingerprint density at radius 3 is 2.86 bits per heavy atom. The van der Waals surface area contributed by atoms with Crippen molar-refractivity contribution in [1.29, 1.82) is 5.26 Å². The summed E-state index contributed by atoms with van der Waals surface area (Å²) in [6.45, 7) is 1.15. The molecule has 1 unspecified atom stereocenters. The van der Waals surface area contributed by atoms with Crippen LogP contribution in [0.25, 0.3) is 0 Å². The van der Waals surface area contributed by atoms with Gasteiger partial charge in [0, 0.05) is 19.1 Å². The second kappa shape index (κ2) is 6.75. The molecule has 0 amide bonds. The summed E-state index contributed by atoms with van der Waals surface area (Å²) in [4.78, 5) is 0.148. The van der Waals surface area contributed by atoms with E-state index in [1.807, 2.05) is 13.1 Å². The Bertz CT molecular complexity index is 653. The molecule has 0 saturated carbocycles. The van der Waals surface area contributed by atoms with Crippen LogP contribution in [0.1, 0.15) is 24.8 Å². The van der Waals surface area contributed by atoms with Crippen molar-refractivity contribution in [2.75, 3.05) is 20.1 Å². The van der Waals surface area contributed by atoms with Crippen LogP contribution in [0.4, 0.5) is 0 Å². The third kappa shape index (κ3) is 3.38. The van der Waals surface area contributed by atoms with E-state index in [0.29, 0.717) is 13.1 Å². The molecule has 1 atom stereocenters. The molecule has 114 valence electrons. The van der Waals surface area contributed by atoms with E-state index >= 15 is 0 Å². The van der Waals surface area contributed by atoms with Crippen molar-refractivity contribution in [3.63, 3.8) is 0 Å². The highest BCUT2D eigenvalue weighted by Crippen LogP contribution is 2.27. The van der Waals surface area contributed by atoms with Gasteiger partial charge in [-0.2, -0.15) is 9.57 Å². The molecule has 0 spiro atoms. The molecule has 0 radical (unpaired) electrons. The quantitative estimate of drug-likeness (QED) is 0.917. The van der Waals surface area contributed by atoms with E-state index in [9.17, 15) is 8.42 Å². The smallest absolute Gasteiger partial charge is 0.243 e. The van der Waals surface area contributed by atoms with E-state index < -0.39 is 10.0 Å². The standard InChI is InChI=1S/C14H18ClN3O2S/c1-17-10-12-4-2-3-7-18(12)21(19,20)13-6-5-11(9-16)14(15)8-13/h5-6,8,12,17H,2-4,7,10H2,1H3. The van der Waals surface area contributed by atoms with Gasteiger partial charge < -0.3 is 5.32 Å². The summed E-state index contributed by atoms with van der Waals surface area (Å²) in [5.41, 5.74) is 0.279. The van der Waals surface area contributed by atoms with Gasteiger partial charge in [-0.15, -0.1) is 0 Å². The fraction of sp³-hybridized carbons (Fsp3) is 0.500. The maximum Gasteiger partial charge on any atom is 0.243 e. The molecule has 1 N–H and O–H groups in total. The number of likely N-dealkylation sites (N-methyl/N-ethyl adjacent to an activating group) is 1. The first kappa shape index (κ1) is 16.2. The first-order chi connectivity index (χ1) is 10.0. The first-order valence-corrected chi connectivity index (χ1v) is 8.68. The van der Waals surface area contributed by atoms with Crippen LogP contribution in [0.2, 0.25) is 5.02 Å². The number of nitrogens with zero attached hydrogens (tertiary/aromatic N) is 2. The molecule has 1 aromatic carbocycles. The lowest BCUT2D eigenvalue weighted by molar-refractivity contribution is 0.249. The van der Waals surface area contributed by atoms with Crippen LogP contribution < -0.4 is 5.32 Å². The zero-order valence-electron chi connectivity index (χ0n) is 11.8. The van der Waals surface area contributed by atoms with E-state index in [0.717, 1.165) is 19.3 Å². The van der Waals surface area contributed by atoms with Crippen molar-refractivity contribution in [3.05, 3.63) is 28.8 Å². The second-order valence-corrected chi connectivity index (χ2v) is 7.37. The van der Waals surface area contributed by atoms with Crippen LogP contribution in [-0.4, -0.2) is 38.9 Å². The predicted octanol–water partition coefficient (Wildman–Crippen LogP) is 1.97. The lowest BCUT2D eigenvalue weighted by Gasteiger charge is -2.34. The minimum absolute atomic E-state index is 0.0387. The summed E-state index contributed by atoms with van der Waals surface area (Å²) >= 11 is 5.95. The molecule has 1 aromatic rings. The Hall–Kier alpha value is -1.13. The number of piperidine rings is 1. The van der Waals surface area contributed by atoms with Crippen molar-refractivity contribution >= 4 is 21.6 Å². The molecule has 1 heterocycles. The minimum Gasteiger partial charge on any atom is -0.318 e. The molecule has 1 saturated heterocycles. The van der Waals surface area contributed by atoms with Gasteiger partial charge in [-0.1, -0.05) is 18.0 Å². The minimum atomic E-state index is -3.58. The Kier molecular flexibility index (Phi) is 5.22. The van der Waals surface area contributed by atoms with Crippen molar-refractivity contribution in [2.45, 2.75) is 30.2 Å². The van der Waals surface area contributed by atoms with Crippen LogP contribution >= 0.6 is 11.6 Å². The summed E-state index contributed by atoms with van der Waals surface area (Å²) in [5.74, 6) is 0. The van der Waals surface area contributed by atoms with Gasteiger partial charge >= 0.3 is 0 Å². The third-order valence-corrected chi connectivity index (χ3v) is 5.94. The molecule has 0 aromatic heterocycles. The van der Waals surface area contributed by atoms with Gasteiger partial charge in [-0.3, -0.25) is 0 Å². The van der Waals surface area contributed by atoms with Gasteiger partial charge in [-0.25, -0.2) is 8.42 Å². The fourth-order valence-electron chi connectivity index (χ4n) is 2.61. The van der Waals surface area contributed by atoms with Gasteiger partial charge in [0.2, 0.25) is 10.0 Å². The average molecular weight is 328 g/mol. The Balaban J connectivity index is 2.36. The maximum atomic E-state index is 12.8. The lowest BCUT2D eigenvalue weighted by atomic mass is 10.1. The van der Waals surface area contributed by atoms with Crippen LogP contribution in [0, 0.1) is 11.3 Å². The molecule has 2 rings (SSSR count). The van der Waals surface area contributed by atoms with Crippen molar-refractivity contribution < 1.29 is 8.42 Å². The number of hydrogen-bond acceptors (Lipinski definition) is 4. The maximum absolute atomic E-state index is 12.8. The summed E-state index contributed by atoms with van der Waals surface area (Å²) < 4.78 is 27.1. The van der Waals surface area contributed by atoms with Gasteiger partial charge in [0.05, 0.1) is 15.5 Å². The topological polar surface area (TPSA) is 73.2 Å². The number of nitriles is 1. The van der Waals surface area contributed by atoms with Gasteiger partial charge in [-0.05, 0) is 38.1 Å². The molecule has 1 aliphatic rings. The predicted molar refractivity (Wildman–Crippen MR) is 81.6 cm³/mol. The van der Waals surface area contributed by atoms with E-state index in [2.05, 4.69) is 5.32 Å². The van der Waals surface area contributed by atoms with Crippen molar-refractivity contribution in [1.82, 2.24) is 9.62 Å². The molecule has 5 nitrogen and oxygen atoms in total. The largest absolute Gasteiger partial charge is 0.318 e. The first-order valence-electron chi connectivity index (χ1n) is 6.87. The number of rotatable bonds is 4. The van der Waals surface area contributed by atoms with Crippen LogP contribution in [0.3, 0.4) is 0 Å². The summed E-state index contributed by atoms with van der Waals surface area (Å²) in [7, 11) is -1.76. The molecule has 21 heavy (non-hydrogen) atoms. The molecular weight excluding hydrogens is 310 g/mol. The van der Waals surface area contributed by atoms with Crippen LogP contribution in [-0.2, 0) is 10.0 Å². The molecule has 0 aliphatic carbocycles. The molecule has 0 bridgehead atoms. The highest BCUT2D eigenvalue weighted by atomic mass is 35.5.